The van der Waals surface area contributed by atoms with E-state index in [0.29, 0.717) is 21.4 Å². The molecule has 0 atom stereocenters. The minimum absolute atomic E-state index is 0.0946. The molecule has 36 heavy (non-hydrogen) atoms. The molecule has 0 unspecified atom stereocenters. The Morgan fingerprint density at radius 3 is 2.28 bits per heavy atom. The number of benzene rings is 5. The highest BCUT2D eigenvalue weighted by molar-refractivity contribution is 7.99. The lowest BCUT2D eigenvalue weighted by Gasteiger charge is -2.15. The normalized spacial score (nSPS) is 11.8. The molecule has 0 aliphatic carbocycles. The summed E-state index contributed by atoms with van der Waals surface area (Å²) < 4.78 is 29.6. The highest BCUT2D eigenvalue weighted by Crippen LogP contribution is 2.44. The summed E-state index contributed by atoms with van der Waals surface area (Å²) in [6.07, 6.45) is 1.73. The summed E-state index contributed by atoms with van der Waals surface area (Å²) in [5.41, 5.74) is 1.21. The highest BCUT2D eigenvalue weighted by Gasteiger charge is 2.20. The molecule has 0 amide bonds. The van der Waals surface area contributed by atoms with Crippen LogP contribution in [0.15, 0.2) is 124 Å². The van der Waals surface area contributed by atoms with E-state index >= 15 is 0 Å². The minimum atomic E-state index is -3.89. The van der Waals surface area contributed by atoms with Crippen molar-refractivity contribution in [1.29, 1.82) is 0 Å². The molecule has 176 valence electrons. The second kappa shape index (κ2) is 8.86. The molecule has 5 aromatic carbocycles. The second-order valence-corrected chi connectivity index (χ2v) is 11.1. The Labute approximate surface area is 212 Å². The van der Waals surface area contributed by atoms with Crippen LogP contribution in [-0.4, -0.2) is 18.5 Å². The van der Waals surface area contributed by atoms with Crippen molar-refractivity contribution < 1.29 is 13.5 Å². The van der Waals surface area contributed by atoms with Crippen LogP contribution in [0.2, 0.25) is 0 Å². The molecule has 0 saturated heterocycles. The molecule has 0 fully saturated rings. The number of fused-ring (bicyclic) bond motifs is 3. The van der Waals surface area contributed by atoms with Crippen LogP contribution in [-0.2, 0) is 10.0 Å². The van der Waals surface area contributed by atoms with Crippen LogP contribution >= 0.6 is 11.8 Å². The van der Waals surface area contributed by atoms with Gasteiger partial charge in [-0.3, -0.25) is 9.71 Å². The summed E-state index contributed by atoms with van der Waals surface area (Å²) in [5.74, 6) is 0.0946. The van der Waals surface area contributed by atoms with Crippen LogP contribution in [0.5, 0.6) is 5.75 Å². The minimum Gasteiger partial charge on any atom is -0.506 e. The maximum atomic E-state index is 13.4. The van der Waals surface area contributed by atoms with E-state index in [-0.39, 0.29) is 10.6 Å². The first-order valence-corrected chi connectivity index (χ1v) is 13.6. The number of aromatic nitrogens is 1. The van der Waals surface area contributed by atoms with Crippen LogP contribution in [0.4, 0.5) is 5.69 Å². The van der Waals surface area contributed by atoms with Gasteiger partial charge in [-0.15, -0.1) is 0 Å². The Bertz CT molecular complexity index is 1880. The van der Waals surface area contributed by atoms with Crippen molar-refractivity contribution in [2.24, 2.45) is 0 Å². The fourth-order valence-electron chi connectivity index (χ4n) is 4.31. The van der Waals surface area contributed by atoms with Gasteiger partial charge >= 0.3 is 0 Å². The lowest BCUT2D eigenvalue weighted by Crippen LogP contribution is -2.13. The van der Waals surface area contributed by atoms with E-state index in [2.05, 4.69) is 9.71 Å². The molecule has 0 aliphatic heterocycles. The lowest BCUT2D eigenvalue weighted by molar-refractivity contribution is 0.469. The fraction of sp³-hybridized carbons (Fsp3) is 0. The van der Waals surface area contributed by atoms with Crippen LogP contribution in [0.25, 0.3) is 32.4 Å². The third-order valence-corrected chi connectivity index (χ3v) is 8.52. The van der Waals surface area contributed by atoms with Crippen LogP contribution in [0, 0.1) is 0 Å². The molecule has 2 N–H and O–H groups in total. The molecule has 0 bridgehead atoms. The van der Waals surface area contributed by atoms with Gasteiger partial charge in [0.15, 0.2) is 0 Å². The topological polar surface area (TPSA) is 79.3 Å². The number of aromatic hydroxyl groups is 1. The van der Waals surface area contributed by atoms with Gasteiger partial charge in [0, 0.05) is 27.3 Å². The van der Waals surface area contributed by atoms with E-state index in [0.717, 1.165) is 26.6 Å². The standard InChI is InChI=1S/C29H20N2O3S2/c32-29-24-12-4-3-11-23(24)25(18-27(29)35-26-13-5-9-20-10-6-16-30-28(20)26)31-36(33,34)22-15-14-19-7-1-2-8-21(19)17-22/h1-18,31-32H. The Balaban J connectivity index is 1.46. The number of phenolic OH excluding ortho intramolecular Hbond substituents is 1. The summed E-state index contributed by atoms with van der Waals surface area (Å²) in [6, 6.07) is 31.3. The molecule has 0 spiro atoms. The zero-order chi connectivity index (χ0) is 24.7. The highest BCUT2D eigenvalue weighted by atomic mass is 32.2. The molecular weight excluding hydrogens is 488 g/mol. The van der Waals surface area contributed by atoms with E-state index in [1.54, 1.807) is 42.6 Å². The van der Waals surface area contributed by atoms with Crippen LogP contribution in [0.1, 0.15) is 0 Å². The molecule has 1 heterocycles. The summed E-state index contributed by atoms with van der Waals surface area (Å²) in [6.45, 7) is 0. The zero-order valence-corrected chi connectivity index (χ0v) is 20.6. The lowest BCUT2D eigenvalue weighted by atomic mass is 10.1. The van der Waals surface area contributed by atoms with Crippen LogP contribution < -0.4 is 4.72 Å². The van der Waals surface area contributed by atoms with E-state index in [1.807, 2.05) is 66.7 Å². The maximum Gasteiger partial charge on any atom is 0.261 e. The van der Waals surface area contributed by atoms with Gasteiger partial charge in [0.25, 0.3) is 10.0 Å². The van der Waals surface area contributed by atoms with Gasteiger partial charge in [-0.25, -0.2) is 8.42 Å². The number of hydrogen-bond donors (Lipinski definition) is 2. The van der Waals surface area contributed by atoms with E-state index in [9.17, 15) is 13.5 Å². The number of para-hydroxylation sites is 1. The SMILES string of the molecule is O=S(=O)(Nc1cc(Sc2cccc3cccnc23)c(O)c2ccccc12)c1ccc2ccccc2c1. The van der Waals surface area contributed by atoms with Crippen molar-refractivity contribution in [2.75, 3.05) is 4.72 Å². The first-order chi connectivity index (χ1) is 17.5. The zero-order valence-electron chi connectivity index (χ0n) is 18.9. The van der Waals surface area contributed by atoms with E-state index < -0.39 is 10.0 Å². The van der Waals surface area contributed by atoms with Gasteiger partial charge in [0.1, 0.15) is 5.75 Å². The Kier molecular flexibility index (Phi) is 5.51. The van der Waals surface area contributed by atoms with Gasteiger partial charge < -0.3 is 5.11 Å². The quantitative estimate of drug-likeness (QED) is 0.241. The molecule has 5 nitrogen and oxygen atoms in total. The summed E-state index contributed by atoms with van der Waals surface area (Å²) in [5, 5.41) is 15.1. The molecule has 0 aliphatic rings. The number of anilines is 1. The molecule has 6 aromatic rings. The third-order valence-electron chi connectivity index (χ3n) is 6.07. The first kappa shape index (κ1) is 22.4. The second-order valence-electron chi connectivity index (χ2n) is 8.36. The number of nitrogens with zero attached hydrogens (tertiary/aromatic N) is 1. The average Bonchev–Trinajstić information content (AvgIpc) is 2.91. The van der Waals surface area contributed by atoms with E-state index in [1.165, 1.54) is 11.8 Å². The molecule has 0 radical (unpaired) electrons. The third kappa shape index (κ3) is 4.02. The van der Waals surface area contributed by atoms with Gasteiger partial charge in [0.2, 0.25) is 0 Å². The number of hydrogen-bond acceptors (Lipinski definition) is 5. The smallest absolute Gasteiger partial charge is 0.261 e. The molecule has 7 heteroatoms. The Hall–Kier alpha value is -4.07. The molecule has 1 aromatic heterocycles. The van der Waals surface area contributed by atoms with Gasteiger partial charge in [-0.1, -0.05) is 84.6 Å². The maximum absolute atomic E-state index is 13.4. The van der Waals surface area contributed by atoms with Crippen LogP contribution in [0.3, 0.4) is 0 Å². The number of nitrogens with one attached hydrogen (secondary N) is 1. The number of pyridine rings is 1. The summed E-state index contributed by atoms with van der Waals surface area (Å²) >= 11 is 1.35. The number of sulfonamides is 1. The largest absolute Gasteiger partial charge is 0.506 e. The predicted octanol–water partition coefficient (Wildman–Crippen LogP) is 7.20. The fourth-order valence-corrected chi connectivity index (χ4v) is 6.45. The number of phenols is 1. The molecule has 6 rings (SSSR count). The van der Waals surface area contributed by atoms with Crippen molar-refractivity contribution in [1.82, 2.24) is 4.98 Å². The molecule has 0 saturated carbocycles. The summed E-state index contributed by atoms with van der Waals surface area (Å²) in [7, 11) is -3.89. The monoisotopic (exact) mass is 508 g/mol. The molecular formula is C29H20N2O3S2. The Morgan fingerprint density at radius 1 is 0.694 bits per heavy atom. The van der Waals surface area contributed by atoms with E-state index in [4.69, 9.17) is 0 Å². The predicted molar refractivity (Wildman–Crippen MR) is 146 cm³/mol. The van der Waals surface area contributed by atoms with Gasteiger partial charge in [-0.05, 0) is 41.1 Å². The Morgan fingerprint density at radius 2 is 1.42 bits per heavy atom. The van der Waals surface area contributed by atoms with Crippen molar-refractivity contribution >= 4 is 59.9 Å². The van der Waals surface area contributed by atoms with Crippen molar-refractivity contribution in [3.63, 3.8) is 0 Å². The first-order valence-electron chi connectivity index (χ1n) is 11.3. The van der Waals surface area contributed by atoms with Crippen molar-refractivity contribution in [2.45, 2.75) is 14.7 Å². The summed E-state index contributed by atoms with van der Waals surface area (Å²) in [4.78, 5) is 6.07. The van der Waals surface area contributed by atoms with Gasteiger partial charge in [-0.2, -0.15) is 0 Å². The average molecular weight is 509 g/mol. The van der Waals surface area contributed by atoms with Crippen molar-refractivity contribution in [3.05, 3.63) is 109 Å². The number of rotatable bonds is 5. The van der Waals surface area contributed by atoms with Crippen molar-refractivity contribution in [3.8, 4) is 5.75 Å². The van der Waals surface area contributed by atoms with Gasteiger partial charge in [0.05, 0.1) is 21.0 Å².